The van der Waals surface area contributed by atoms with Crippen LogP contribution < -0.4 is 5.32 Å². The lowest BCUT2D eigenvalue weighted by Crippen LogP contribution is -2.55. The topological polar surface area (TPSA) is 107 Å². The van der Waals surface area contributed by atoms with Gasteiger partial charge in [0.15, 0.2) is 0 Å². The average molecular weight is 420 g/mol. The van der Waals surface area contributed by atoms with Crippen molar-refractivity contribution in [2.24, 2.45) is 5.92 Å². The fourth-order valence-electron chi connectivity index (χ4n) is 3.28. The number of nitrogens with one attached hydrogen (secondary N) is 1. The predicted octanol–water partition coefficient (Wildman–Crippen LogP) is 2.97. The molecule has 0 fully saturated rings. The van der Waals surface area contributed by atoms with Gasteiger partial charge in [-0.3, -0.25) is 4.55 Å². The highest BCUT2D eigenvalue weighted by Gasteiger charge is 2.32. The monoisotopic (exact) mass is 419 g/mol. The molecule has 0 saturated heterocycles. The van der Waals surface area contributed by atoms with Gasteiger partial charge in [-0.25, -0.2) is 0 Å². The van der Waals surface area contributed by atoms with Crippen LogP contribution in [0.4, 0.5) is 0 Å². The predicted molar refractivity (Wildman–Crippen MR) is 118 cm³/mol. The van der Waals surface area contributed by atoms with Crippen LogP contribution in [0.1, 0.15) is 19.4 Å². The van der Waals surface area contributed by atoms with Crippen LogP contribution in [0, 0.1) is 5.92 Å². The van der Waals surface area contributed by atoms with E-state index in [0.717, 1.165) is 0 Å². The van der Waals surface area contributed by atoms with Crippen molar-refractivity contribution in [1.82, 2.24) is 5.32 Å². The summed E-state index contributed by atoms with van der Waals surface area (Å²) < 4.78 is 25.9. The minimum absolute atomic E-state index is 0.0906. The van der Waals surface area contributed by atoms with Crippen molar-refractivity contribution in [3.63, 3.8) is 0 Å². The summed E-state index contributed by atoms with van der Waals surface area (Å²) in [6.45, 7) is 4.44. The van der Waals surface area contributed by atoms with E-state index in [1.54, 1.807) is 0 Å². The number of benzene rings is 3. The van der Waals surface area contributed by atoms with Crippen molar-refractivity contribution in [1.29, 1.82) is 0 Å². The smallest absolute Gasteiger partial charge is 0.261 e. The van der Waals surface area contributed by atoms with E-state index in [9.17, 15) is 18.6 Å². The van der Waals surface area contributed by atoms with E-state index in [4.69, 9.17) is 4.55 Å². The first kappa shape index (κ1) is 23.3. The zero-order chi connectivity index (χ0) is 21.7. The Morgan fingerprint density at radius 3 is 1.93 bits per heavy atom. The fourth-order valence-corrected chi connectivity index (χ4v) is 3.28. The molecule has 0 heterocycles. The second-order valence-corrected chi connectivity index (χ2v) is 8.98. The molecule has 0 saturated carbocycles. The van der Waals surface area contributed by atoms with Gasteiger partial charge in [0, 0.05) is 6.54 Å². The highest BCUT2D eigenvalue weighted by Crippen LogP contribution is 2.29. The van der Waals surface area contributed by atoms with Crippen LogP contribution in [-0.2, 0) is 16.7 Å². The van der Waals surface area contributed by atoms with E-state index in [-0.39, 0.29) is 19.1 Å². The Kier molecular flexibility index (Phi) is 7.73. The molecule has 158 valence electrons. The molecule has 0 bridgehead atoms. The van der Waals surface area contributed by atoms with E-state index in [1.807, 2.05) is 26.0 Å². The molecule has 0 unspecified atom stereocenters. The summed E-state index contributed by atoms with van der Waals surface area (Å²) in [5, 5.41) is 27.9. The molecule has 0 aliphatic rings. The van der Waals surface area contributed by atoms with Crippen molar-refractivity contribution < 1.29 is 23.2 Å². The molecule has 0 aromatic heterocycles. The fraction of sp³-hybridized carbons (Fsp3) is 0.364. The average Bonchev–Trinajstić information content (AvgIpc) is 2.67. The standard InChI is InChI=1S/C21H25NO2.CH4O3S/c1-15(2)21(13-23,14-24)22-12-17-11-16-7-3-4-8-18(16)20-10-6-5-9-19(17)20;1-5(2,3)4/h3-11,15,22-24H,12-14H2,1-2H3;1H3,(H,2,3,4). The van der Waals surface area contributed by atoms with Crippen LogP contribution in [0.15, 0.2) is 54.6 Å². The first-order chi connectivity index (χ1) is 13.6. The van der Waals surface area contributed by atoms with Gasteiger partial charge in [-0.1, -0.05) is 62.4 Å². The molecule has 0 atom stereocenters. The maximum absolute atomic E-state index is 9.79. The maximum atomic E-state index is 9.79. The Balaban J connectivity index is 0.000000537. The van der Waals surface area contributed by atoms with Gasteiger partial charge in [-0.2, -0.15) is 8.42 Å². The van der Waals surface area contributed by atoms with Crippen molar-refractivity contribution in [3.8, 4) is 0 Å². The van der Waals surface area contributed by atoms with Crippen LogP contribution in [-0.4, -0.2) is 48.2 Å². The second kappa shape index (κ2) is 9.65. The molecule has 0 aliphatic carbocycles. The lowest BCUT2D eigenvalue weighted by molar-refractivity contribution is 0.0552. The van der Waals surface area contributed by atoms with Crippen LogP contribution in [0.2, 0.25) is 0 Å². The highest BCUT2D eigenvalue weighted by atomic mass is 32.2. The Morgan fingerprint density at radius 2 is 1.41 bits per heavy atom. The first-order valence-electron chi connectivity index (χ1n) is 9.40. The van der Waals surface area contributed by atoms with Crippen LogP contribution in [0.5, 0.6) is 0 Å². The minimum atomic E-state index is -3.67. The molecule has 6 nitrogen and oxygen atoms in total. The number of rotatable bonds is 6. The molecule has 4 N–H and O–H groups in total. The Bertz CT molecular complexity index is 1050. The van der Waals surface area contributed by atoms with Crippen molar-refractivity contribution in [2.45, 2.75) is 25.9 Å². The third-order valence-corrected chi connectivity index (χ3v) is 5.15. The Labute approximate surface area is 171 Å². The van der Waals surface area contributed by atoms with Crippen LogP contribution >= 0.6 is 0 Å². The molecule has 3 aromatic rings. The van der Waals surface area contributed by atoms with Crippen molar-refractivity contribution in [3.05, 3.63) is 60.2 Å². The van der Waals surface area contributed by atoms with Gasteiger partial charge in [-0.05, 0) is 39.1 Å². The summed E-state index contributed by atoms with van der Waals surface area (Å²) in [7, 11) is -3.67. The molecule has 0 radical (unpaired) electrons. The van der Waals surface area contributed by atoms with E-state index in [2.05, 4.69) is 47.8 Å². The lowest BCUT2D eigenvalue weighted by atomic mass is 9.87. The van der Waals surface area contributed by atoms with E-state index in [1.165, 1.54) is 27.1 Å². The molecule has 3 rings (SSSR count). The second-order valence-electron chi connectivity index (χ2n) is 7.52. The van der Waals surface area contributed by atoms with E-state index in [0.29, 0.717) is 12.8 Å². The molecular formula is C22H29NO5S. The molecular weight excluding hydrogens is 390 g/mol. The normalized spacial score (nSPS) is 12.2. The zero-order valence-electron chi connectivity index (χ0n) is 17.0. The third-order valence-electron chi connectivity index (χ3n) is 5.15. The summed E-state index contributed by atoms with van der Waals surface area (Å²) in [6, 6.07) is 19.0. The largest absolute Gasteiger partial charge is 0.394 e. The maximum Gasteiger partial charge on any atom is 0.261 e. The number of aliphatic hydroxyl groups is 2. The molecule has 29 heavy (non-hydrogen) atoms. The van der Waals surface area contributed by atoms with Gasteiger partial charge in [0.2, 0.25) is 0 Å². The summed E-state index contributed by atoms with van der Waals surface area (Å²) in [5.74, 6) is 0.124. The Morgan fingerprint density at radius 1 is 0.931 bits per heavy atom. The Hall–Kier alpha value is -2.03. The summed E-state index contributed by atoms with van der Waals surface area (Å²) in [4.78, 5) is 0. The number of aliphatic hydroxyl groups excluding tert-OH is 2. The molecule has 3 aromatic carbocycles. The SMILES string of the molecule is CC(C)C(CO)(CO)NCc1cc2ccccc2c2ccccc12.CS(=O)(=O)O. The van der Waals surface area contributed by atoms with Gasteiger partial charge in [0.25, 0.3) is 10.1 Å². The van der Waals surface area contributed by atoms with Crippen LogP contribution in [0.25, 0.3) is 21.5 Å². The van der Waals surface area contributed by atoms with E-state index >= 15 is 0 Å². The zero-order valence-corrected chi connectivity index (χ0v) is 17.8. The summed E-state index contributed by atoms with van der Waals surface area (Å²) >= 11 is 0. The van der Waals surface area contributed by atoms with Gasteiger partial charge in [0.1, 0.15) is 0 Å². The lowest BCUT2D eigenvalue weighted by Gasteiger charge is -2.35. The number of hydrogen-bond donors (Lipinski definition) is 4. The van der Waals surface area contributed by atoms with Crippen molar-refractivity contribution >= 4 is 31.7 Å². The quantitative estimate of drug-likeness (QED) is 0.361. The van der Waals surface area contributed by atoms with Gasteiger partial charge >= 0.3 is 0 Å². The number of hydrogen-bond acceptors (Lipinski definition) is 5. The third kappa shape index (κ3) is 5.98. The van der Waals surface area contributed by atoms with Gasteiger partial charge in [-0.15, -0.1) is 0 Å². The number of fused-ring (bicyclic) bond motifs is 3. The van der Waals surface area contributed by atoms with Gasteiger partial charge in [0.05, 0.1) is 25.0 Å². The van der Waals surface area contributed by atoms with Crippen molar-refractivity contribution in [2.75, 3.05) is 19.5 Å². The summed E-state index contributed by atoms with van der Waals surface area (Å²) in [5.41, 5.74) is 0.503. The van der Waals surface area contributed by atoms with Crippen LogP contribution in [0.3, 0.4) is 0 Å². The highest BCUT2D eigenvalue weighted by molar-refractivity contribution is 7.85. The molecule has 0 amide bonds. The first-order valence-corrected chi connectivity index (χ1v) is 11.2. The molecule has 0 spiro atoms. The van der Waals surface area contributed by atoms with Gasteiger partial charge < -0.3 is 15.5 Å². The molecule has 0 aliphatic heterocycles. The van der Waals surface area contributed by atoms with E-state index < -0.39 is 15.7 Å². The molecule has 7 heteroatoms. The minimum Gasteiger partial charge on any atom is -0.394 e. The summed E-state index contributed by atoms with van der Waals surface area (Å²) in [6.07, 6.45) is 0.715.